The number of benzene rings is 1. The van der Waals surface area contributed by atoms with E-state index in [1.54, 1.807) is 45.4 Å². The number of oxime groups is 1. The summed E-state index contributed by atoms with van der Waals surface area (Å²) in [6, 6.07) is 8.80. The topological polar surface area (TPSA) is 224 Å². The van der Waals surface area contributed by atoms with Crippen molar-refractivity contribution in [1.29, 1.82) is 0 Å². The first-order valence-corrected chi connectivity index (χ1v) is 19.2. The second-order valence-corrected chi connectivity index (χ2v) is 15.2. The number of thioether (sulfide) groups is 1. The maximum Gasteiger partial charge on any atom is 0.290 e. The number of nitrogen functional groups attached to an aromatic ring is 1. The molecule has 2 aromatic heterocycles. The quantitative estimate of drug-likeness (QED) is 0.0662. The number of phenols is 1. The molecule has 5 heterocycles. The molecule has 2 saturated heterocycles. The molecular weight excluding hydrogens is 737 g/mol. The first-order chi connectivity index (χ1) is 26.0. The molecule has 5 N–H and O–H groups in total. The van der Waals surface area contributed by atoms with Crippen molar-refractivity contribution < 1.29 is 43.6 Å². The van der Waals surface area contributed by atoms with E-state index in [4.69, 9.17) is 10.6 Å². The Morgan fingerprint density at radius 3 is 2.74 bits per heavy atom. The third-order valence-electron chi connectivity index (χ3n) is 9.36. The number of anilines is 2. The van der Waals surface area contributed by atoms with Crippen LogP contribution in [0.1, 0.15) is 43.4 Å². The Labute approximate surface area is 317 Å². The van der Waals surface area contributed by atoms with Crippen molar-refractivity contribution in [3.05, 3.63) is 88.3 Å². The number of carbonyl (C=O) groups is 5. The fraction of sp³-hybridized carbons (Fsp3) is 0.333. The number of nitrogens with two attached hydrogens (primary N) is 1. The van der Waals surface area contributed by atoms with Gasteiger partial charge in [0.2, 0.25) is 12.5 Å². The molecule has 18 heteroatoms. The van der Waals surface area contributed by atoms with E-state index >= 15 is 0 Å². The van der Waals surface area contributed by atoms with Gasteiger partial charge in [0.1, 0.15) is 29.0 Å². The normalized spacial score (nSPS) is 21.0. The zero-order valence-electron chi connectivity index (χ0n) is 28.8. The van der Waals surface area contributed by atoms with E-state index in [1.165, 1.54) is 30.0 Å². The number of hydrogen-bond acceptors (Lipinski definition) is 13. The van der Waals surface area contributed by atoms with Crippen LogP contribution in [0.5, 0.6) is 5.75 Å². The number of fused-ring (bicyclic) bond motifs is 1. The molecule has 4 amide bonds. The Bertz CT molecular complexity index is 2110. The van der Waals surface area contributed by atoms with Crippen LogP contribution in [-0.4, -0.2) is 85.0 Å². The van der Waals surface area contributed by atoms with Gasteiger partial charge in [-0.05, 0) is 62.0 Å². The standard InChI is InChI=1S/C36H36N8O8S2/c37-36-39-26(19-54-36)28(41-52-25-8-1-2-9-25)31(47)40-29-33(49)44-30(35(50)51)22(18-53-34(29)44)13-21-10-12-43(32(21)48)16-20-5-4-11-42(15-20)17-27(46)38-23-6-3-7-24(45)14-23/h3-7,11,13-15,19,25,29,34H,1-2,8-10,12,16-18H2,(H5-,37,38,39,40,45,46,47,50,51)/b21-13?,41-28-/t29-,34-/m1/s1. The molecule has 0 bridgehead atoms. The van der Waals surface area contributed by atoms with E-state index in [1.807, 2.05) is 6.07 Å². The molecule has 3 aromatic rings. The van der Waals surface area contributed by atoms with Gasteiger partial charge in [-0.2, -0.15) is 4.57 Å². The highest BCUT2D eigenvalue weighted by atomic mass is 32.2. The summed E-state index contributed by atoms with van der Waals surface area (Å²) in [7, 11) is 0. The number of aromatic hydroxyl groups is 1. The zero-order valence-corrected chi connectivity index (χ0v) is 30.4. The molecule has 0 unspecified atom stereocenters. The zero-order chi connectivity index (χ0) is 37.9. The minimum Gasteiger partial charge on any atom is -0.543 e. The predicted molar refractivity (Wildman–Crippen MR) is 195 cm³/mol. The summed E-state index contributed by atoms with van der Waals surface area (Å²) in [6.45, 7) is 0.646. The molecule has 16 nitrogen and oxygen atoms in total. The fourth-order valence-corrected chi connectivity index (χ4v) is 8.63. The minimum atomic E-state index is -1.57. The number of carbonyl (C=O) groups excluding carboxylic acids is 5. The van der Waals surface area contributed by atoms with Crippen LogP contribution in [0.4, 0.5) is 10.8 Å². The molecule has 4 aliphatic rings. The number of carboxylic acid groups (broad SMARTS) is 1. The molecule has 54 heavy (non-hydrogen) atoms. The summed E-state index contributed by atoms with van der Waals surface area (Å²) >= 11 is 2.38. The number of likely N-dealkylation sites (tertiary alicyclic amines) is 1. The molecule has 280 valence electrons. The highest BCUT2D eigenvalue weighted by molar-refractivity contribution is 8.00. The van der Waals surface area contributed by atoms with Crippen molar-refractivity contribution in [1.82, 2.24) is 20.1 Å². The molecule has 1 aliphatic carbocycles. The third-order valence-corrected chi connectivity index (χ3v) is 11.3. The van der Waals surface area contributed by atoms with Crippen LogP contribution in [0.15, 0.2) is 82.2 Å². The van der Waals surface area contributed by atoms with Gasteiger partial charge in [0.05, 0.1) is 18.2 Å². The van der Waals surface area contributed by atoms with Gasteiger partial charge in [-0.15, -0.1) is 23.1 Å². The lowest BCUT2D eigenvalue weighted by molar-refractivity contribution is -0.684. The average Bonchev–Trinajstić information content (AvgIpc) is 3.90. The minimum absolute atomic E-state index is 0.00563. The SMILES string of the molecule is Nc1nc(/C(=N/OC2CCCC2)C(=O)N[C@@H]2C(=O)N3C(C(=O)[O-])=C(C=C4CCN(Cc5ccc[n+](CC(=O)Nc6cccc(O)c6)c5)C4=O)CS[C@H]23)cs1. The number of nitrogens with zero attached hydrogens (tertiary/aromatic N) is 5. The number of aromatic nitrogens is 2. The van der Waals surface area contributed by atoms with Crippen LogP contribution in [0.25, 0.3) is 0 Å². The highest BCUT2D eigenvalue weighted by Gasteiger charge is 2.53. The number of hydrogen-bond donors (Lipinski definition) is 4. The number of aliphatic carboxylic acids is 1. The van der Waals surface area contributed by atoms with Crippen LogP contribution in [-0.2, 0) is 41.9 Å². The predicted octanol–water partition coefficient (Wildman–Crippen LogP) is 0.783. The lowest BCUT2D eigenvalue weighted by Crippen LogP contribution is -2.71. The van der Waals surface area contributed by atoms with Crippen LogP contribution in [0.2, 0.25) is 0 Å². The Morgan fingerprint density at radius 1 is 1.19 bits per heavy atom. The van der Waals surface area contributed by atoms with E-state index in [9.17, 15) is 34.2 Å². The second-order valence-electron chi connectivity index (χ2n) is 13.2. The number of thiazole rings is 1. The van der Waals surface area contributed by atoms with Crippen molar-refractivity contribution >= 4 is 69.2 Å². The van der Waals surface area contributed by atoms with Crippen LogP contribution in [0.3, 0.4) is 0 Å². The van der Waals surface area contributed by atoms with Crippen LogP contribution >= 0.6 is 23.1 Å². The molecular formula is C36H36N8O8S2. The van der Waals surface area contributed by atoms with Crippen molar-refractivity contribution in [2.75, 3.05) is 23.3 Å². The Kier molecular flexibility index (Phi) is 10.6. The average molecular weight is 773 g/mol. The van der Waals surface area contributed by atoms with Gasteiger partial charge < -0.3 is 41.1 Å². The van der Waals surface area contributed by atoms with E-state index in [0.717, 1.165) is 47.5 Å². The highest BCUT2D eigenvalue weighted by Crippen LogP contribution is 2.41. The molecule has 3 aliphatic heterocycles. The summed E-state index contributed by atoms with van der Waals surface area (Å²) < 4.78 is 1.68. The van der Waals surface area contributed by atoms with Crippen molar-refractivity contribution in [3.8, 4) is 5.75 Å². The van der Waals surface area contributed by atoms with E-state index in [2.05, 4.69) is 20.8 Å². The summed E-state index contributed by atoms with van der Waals surface area (Å²) in [4.78, 5) is 77.9. The third kappa shape index (κ3) is 7.93. The van der Waals surface area contributed by atoms with Gasteiger partial charge in [0.15, 0.2) is 23.2 Å². The van der Waals surface area contributed by atoms with Gasteiger partial charge in [0.25, 0.3) is 17.7 Å². The molecule has 0 spiro atoms. The molecule has 3 fully saturated rings. The fourth-order valence-electron chi connectivity index (χ4n) is 6.78. The number of amides is 4. The Hall–Kier alpha value is -5.75. The van der Waals surface area contributed by atoms with Gasteiger partial charge in [-0.25, -0.2) is 4.98 Å². The maximum absolute atomic E-state index is 13.5. The number of pyridine rings is 1. The van der Waals surface area contributed by atoms with Gasteiger partial charge in [-0.1, -0.05) is 11.2 Å². The first kappa shape index (κ1) is 36.6. The summed E-state index contributed by atoms with van der Waals surface area (Å²) in [5.41, 5.74) is 7.42. The van der Waals surface area contributed by atoms with Crippen molar-refractivity contribution in [2.45, 2.75) is 62.7 Å². The molecule has 2 atom stereocenters. The van der Waals surface area contributed by atoms with E-state index in [-0.39, 0.29) is 70.3 Å². The summed E-state index contributed by atoms with van der Waals surface area (Å²) in [5, 5.41) is 32.7. The number of phenolic OH excluding ortho intramolecular Hbond substituents is 1. The van der Waals surface area contributed by atoms with Gasteiger partial charge in [0, 0.05) is 46.6 Å². The number of allylic oxidation sites excluding steroid dienone is 1. The summed E-state index contributed by atoms with van der Waals surface area (Å²) in [5.74, 6) is -3.31. The second kappa shape index (κ2) is 15.7. The molecule has 1 aromatic carbocycles. The van der Waals surface area contributed by atoms with Gasteiger partial charge in [-0.3, -0.25) is 24.1 Å². The maximum atomic E-state index is 13.5. The molecule has 7 rings (SSSR count). The van der Waals surface area contributed by atoms with Crippen LogP contribution in [0, 0.1) is 0 Å². The Morgan fingerprint density at radius 2 is 2.00 bits per heavy atom. The lowest BCUT2D eigenvalue weighted by atomic mass is 10.0. The number of carboxylic acids is 1. The van der Waals surface area contributed by atoms with E-state index < -0.39 is 29.2 Å². The van der Waals surface area contributed by atoms with Crippen molar-refractivity contribution in [3.63, 3.8) is 0 Å². The summed E-state index contributed by atoms with van der Waals surface area (Å²) in [6.07, 6.45) is 8.85. The number of rotatable bonds is 12. The van der Waals surface area contributed by atoms with Gasteiger partial charge >= 0.3 is 0 Å². The van der Waals surface area contributed by atoms with Crippen LogP contribution < -0.4 is 26.0 Å². The number of nitrogens with one attached hydrogen (secondary N) is 2. The van der Waals surface area contributed by atoms with E-state index in [0.29, 0.717) is 24.2 Å². The molecule has 1 saturated carbocycles. The largest absolute Gasteiger partial charge is 0.543 e. The molecule has 0 radical (unpaired) electrons. The lowest BCUT2D eigenvalue weighted by Gasteiger charge is -2.50. The first-order valence-electron chi connectivity index (χ1n) is 17.3. The van der Waals surface area contributed by atoms with Crippen molar-refractivity contribution in [2.24, 2.45) is 5.16 Å². The number of β-lactam (4-membered cyclic amide) rings is 1. The monoisotopic (exact) mass is 772 g/mol. The Balaban J connectivity index is 1.00. The smallest absolute Gasteiger partial charge is 0.290 e.